The summed E-state index contributed by atoms with van der Waals surface area (Å²) in [4.78, 5) is 27.3. The van der Waals surface area contributed by atoms with E-state index in [1.165, 1.54) is 11.0 Å². The van der Waals surface area contributed by atoms with E-state index in [2.05, 4.69) is 5.43 Å². The third-order valence-electron chi connectivity index (χ3n) is 3.68. The summed E-state index contributed by atoms with van der Waals surface area (Å²) in [5, 5.41) is 0.942. The molecule has 1 heterocycles. The van der Waals surface area contributed by atoms with Crippen LogP contribution in [0.1, 0.15) is 5.56 Å². The van der Waals surface area contributed by atoms with E-state index in [4.69, 9.17) is 4.74 Å². The maximum absolute atomic E-state index is 12.1. The number of benzene rings is 2. The van der Waals surface area contributed by atoms with Gasteiger partial charge in [0.15, 0.2) is 6.61 Å². The van der Waals surface area contributed by atoms with E-state index in [-0.39, 0.29) is 13.2 Å². The molecular weight excluding hydrogens is 370 g/mol. The van der Waals surface area contributed by atoms with Crippen molar-refractivity contribution in [2.45, 2.75) is 0 Å². The van der Waals surface area contributed by atoms with E-state index in [9.17, 15) is 18.0 Å². The van der Waals surface area contributed by atoms with Crippen LogP contribution in [0, 0.1) is 0 Å². The molecule has 140 valence electrons. The van der Waals surface area contributed by atoms with Gasteiger partial charge in [0, 0.05) is 5.41 Å². The second-order valence-corrected chi connectivity index (χ2v) is 7.21. The van der Waals surface area contributed by atoms with E-state index in [0.717, 1.165) is 5.41 Å². The van der Waals surface area contributed by atoms with Gasteiger partial charge in [-0.3, -0.25) is 19.9 Å². The summed E-state index contributed by atoms with van der Waals surface area (Å²) in [6.07, 6.45) is 1.40. The van der Waals surface area contributed by atoms with Gasteiger partial charge in [-0.1, -0.05) is 42.5 Å². The molecule has 0 aliphatic carbocycles. The van der Waals surface area contributed by atoms with Crippen molar-refractivity contribution in [2.24, 2.45) is 0 Å². The minimum Gasteiger partial charge on any atom is -0.482 e. The Balaban J connectivity index is 1.60. The lowest BCUT2D eigenvalue weighted by molar-refractivity contribution is -0.125. The van der Waals surface area contributed by atoms with Crippen molar-refractivity contribution < 1.29 is 22.7 Å². The normalized spacial score (nSPS) is 13.9. The van der Waals surface area contributed by atoms with E-state index in [1.807, 2.05) is 10.9 Å². The highest BCUT2D eigenvalue weighted by atomic mass is 32.2. The third kappa shape index (κ3) is 4.93. The molecule has 0 spiro atoms. The van der Waals surface area contributed by atoms with Crippen LogP contribution < -0.4 is 19.9 Å². The van der Waals surface area contributed by atoms with Gasteiger partial charge in [0.05, 0.1) is 5.69 Å². The topological polar surface area (TPSA) is 105 Å². The van der Waals surface area contributed by atoms with Gasteiger partial charge in [0.1, 0.15) is 12.3 Å². The minimum absolute atomic E-state index is 0.185. The van der Waals surface area contributed by atoms with E-state index in [1.54, 1.807) is 48.5 Å². The highest BCUT2D eigenvalue weighted by molar-refractivity contribution is 7.92. The van der Waals surface area contributed by atoms with Crippen LogP contribution in [0.5, 0.6) is 5.75 Å². The van der Waals surface area contributed by atoms with E-state index >= 15 is 0 Å². The summed E-state index contributed by atoms with van der Waals surface area (Å²) < 4.78 is 29.2. The summed E-state index contributed by atoms with van der Waals surface area (Å²) in [6, 6.07) is 15.6. The average molecular weight is 387 g/mol. The number of hydrogen-bond acceptors (Lipinski definition) is 5. The van der Waals surface area contributed by atoms with Gasteiger partial charge in [0.25, 0.3) is 21.8 Å². The summed E-state index contributed by atoms with van der Waals surface area (Å²) in [5.41, 5.74) is 3.25. The molecule has 0 atom stereocenters. The van der Waals surface area contributed by atoms with Gasteiger partial charge >= 0.3 is 0 Å². The first kappa shape index (κ1) is 18.6. The smallest absolute Gasteiger partial charge is 0.265 e. The average Bonchev–Trinajstić information content (AvgIpc) is 2.68. The van der Waals surface area contributed by atoms with Gasteiger partial charge in [-0.15, -0.1) is 4.83 Å². The zero-order valence-corrected chi connectivity index (χ0v) is 15.0. The summed E-state index contributed by atoms with van der Waals surface area (Å²) in [6.45, 7) is -0.528. The molecule has 2 aromatic rings. The Labute approximate surface area is 156 Å². The Morgan fingerprint density at radius 2 is 1.81 bits per heavy atom. The molecule has 2 aromatic carbocycles. The summed E-state index contributed by atoms with van der Waals surface area (Å²) >= 11 is 0. The SMILES string of the molecule is O=C(CN1C(=O)COc2ccccc21)NNS(=O)(=O)/C=C/c1ccccc1. The fourth-order valence-electron chi connectivity index (χ4n) is 2.40. The molecule has 8 nitrogen and oxygen atoms in total. The molecule has 0 bridgehead atoms. The number of carbonyl (C=O) groups is 2. The molecule has 0 aromatic heterocycles. The monoisotopic (exact) mass is 387 g/mol. The first-order valence-electron chi connectivity index (χ1n) is 8.00. The predicted octanol–water partition coefficient (Wildman–Crippen LogP) is 1.03. The molecule has 2 N–H and O–H groups in total. The van der Waals surface area contributed by atoms with Crippen LogP contribution in [0.2, 0.25) is 0 Å². The minimum atomic E-state index is -3.88. The van der Waals surface area contributed by atoms with Crippen LogP contribution in [-0.2, 0) is 19.6 Å². The number of fused-ring (bicyclic) bond motifs is 1. The number of sulfonamides is 1. The third-order valence-corrected chi connectivity index (χ3v) is 4.56. The van der Waals surface area contributed by atoms with Crippen molar-refractivity contribution in [3.8, 4) is 5.75 Å². The molecule has 0 radical (unpaired) electrons. The highest BCUT2D eigenvalue weighted by Crippen LogP contribution is 2.31. The largest absolute Gasteiger partial charge is 0.482 e. The van der Waals surface area contributed by atoms with Gasteiger partial charge in [0.2, 0.25) is 0 Å². The maximum atomic E-state index is 12.1. The number of nitrogens with zero attached hydrogens (tertiary/aromatic N) is 1. The molecule has 2 amide bonds. The predicted molar refractivity (Wildman–Crippen MR) is 100.0 cm³/mol. The molecule has 1 aliphatic rings. The molecule has 0 unspecified atom stereocenters. The fraction of sp³-hybridized carbons (Fsp3) is 0.111. The van der Waals surface area contributed by atoms with Gasteiger partial charge < -0.3 is 4.74 Å². The van der Waals surface area contributed by atoms with Crippen LogP contribution in [0.3, 0.4) is 0 Å². The van der Waals surface area contributed by atoms with Crippen LogP contribution in [-0.4, -0.2) is 33.4 Å². The zero-order valence-electron chi connectivity index (χ0n) is 14.2. The second-order valence-electron chi connectivity index (χ2n) is 5.64. The lowest BCUT2D eigenvalue weighted by Gasteiger charge is -2.28. The van der Waals surface area contributed by atoms with Gasteiger partial charge in [-0.05, 0) is 23.8 Å². The molecular formula is C18H17N3O5S. The Morgan fingerprint density at radius 3 is 2.59 bits per heavy atom. The van der Waals surface area contributed by atoms with Crippen molar-refractivity contribution >= 4 is 33.6 Å². The number of hydrogen-bond donors (Lipinski definition) is 2. The lowest BCUT2D eigenvalue weighted by Crippen LogP contribution is -2.49. The Morgan fingerprint density at radius 1 is 1.11 bits per heavy atom. The highest BCUT2D eigenvalue weighted by Gasteiger charge is 2.27. The molecule has 0 saturated heterocycles. The molecule has 27 heavy (non-hydrogen) atoms. The lowest BCUT2D eigenvalue weighted by atomic mass is 10.2. The Kier molecular flexibility index (Phi) is 5.53. The fourth-order valence-corrected chi connectivity index (χ4v) is 3.07. The van der Waals surface area contributed by atoms with Crippen LogP contribution >= 0.6 is 0 Å². The Bertz CT molecular complexity index is 974. The number of para-hydroxylation sites is 2. The van der Waals surface area contributed by atoms with Gasteiger partial charge in [-0.2, -0.15) is 0 Å². The molecule has 0 saturated carbocycles. The standard InChI is InChI=1S/C18H17N3O5S/c22-17(12-21-15-8-4-5-9-16(15)26-13-18(21)23)19-20-27(24,25)11-10-14-6-2-1-3-7-14/h1-11,20H,12-13H2,(H,19,22)/b11-10+. The number of anilines is 1. The number of amides is 2. The number of hydrazine groups is 1. The van der Waals surface area contributed by atoms with Crippen molar-refractivity contribution in [1.82, 2.24) is 10.3 Å². The maximum Gasteiger partial charge on any atom is 0.265 e. The van der Waals surface area contributed by atoms with E-state index in [0.29, 0.717) is 17.0 Å². The number of rotatable bonds is 6. The van der Waals surface area contributed by atoms with Crippen molar-refractivity contribution in [3.63, 3.8) is 0 Å². The second kappa shape index (κ2) is 8.02. The number of ether oxygens (including phenoxy) is 1. The van der Waals surface area contributed by atoms with E-state index < -0.39 is 21.8 Å². The van der Waals surface area contributed by atoms with Crippen molar-refractivity contribution in [2.75, 3.05) is 18.1 Å². The van der Waals surface area contributed by atoms with Crippen LogP contribution in [0.15, 0.2) is 60.0 Å². The van der Waals surface area contributed by atoms with Crippen molar-refractivity contribution in [3.05, 3.63) is 65.6 Å². The molecule has 1 aliphatic heterocycles. The first-order valence-corrected chi connectivity index (χ1v) is 9.55. The molecule has 9 heteroatoms. The van der Waals surface area contributed by atoms with Crippen molar-refractivity contribution in [1.29, 1.82) is 0 Å². The van der Waals surface area contributed by atoms with Crippen LogP contribution in [0.25, 0.3) is 6.08 Å². The first-order chi connectivity index (χ1) is 12.9. The number of nitrogens with one attached hydrogen (secondary N) is 2. The Hall–Kier alpha value is -3.17. The summed E-state index contributed by atoms with van der Waals surface area (Å²) in [5.74, 6) is -0.594. The summed E-state index contributed by atoms with van der Waals surface area (Å²) in [7, 11) is -3.88. The van der Waals surface area contributed by atoms with Gasteiger partial charge in [-0.25, -0.2) is 8.42 Å². The number of carbonyl (C=O) groups excluding carboxylic acids is 2. The molecule has 0 fully saturated rings. The molecule has 3 rings (SSSR count). The quantitative estimate of drug-likeness (QED) is 0.721. The zero-order chi connectivity index (χ0) is 19.3. The van der Waals surface area contributed by atoms with Crippen LogP contribution in [0.4, 0.5) is 5.69 Å².